The van der Waals surface area contributed by atoms with Crippen LogP contribution in [0.25, 0.3) is 55.3 Å². The van der Waals surface area contributed by atoms with Gasteiger partial charge in [-0.15, -0.1) is 11.3 Å². The Morgan fingerprint density at radius 2 is 1.70 bits per heavy atom. The van der Waals surface area contributed by atoms with Crippen LogP contribution in [0.2, 0.25) is 0 Å². The Hall–Kier alpha value is -4.87. The summed E-state index contributed by atoms with van der Waals surface area (Å²) in [4.78, 5) is 21.6. The van der Waals surface area contributed by atoms with Gasteiger partial charge in [-0.3, -0.25) is 20.1 Å². The van der Waals surface area contributed by atoms with Crippen molar-refractivity contribution in [3.05, 3.63) is 101 Å². The first-order valence-electron chi connectivity index (χ1n) is 12.5. The van der Waals surface area contributed by atoms with E-state index in [1.54, 1.807) is 36.9 Å². The number of benzene rings is 1. The molecule has 0 atom stereocenters. The zero-order valence-electron chi connectivity index (χ0n) is 20.8. The Bertz CT molecular complexity index is 1980. The number of hydrogen-bond donors (Lipinski definition) is 3. The summed E-state index contributed by atoms with van der Waals surface area (Å²) >= 11 is 0.988. The first-order chi connectivity index (χ1) is 19.6. The normalized spacial score (nSPS) is 11.6. The van der Waals surface area contributed by atoms with E-state index in [0.717, 1.165) is 16.9 Å². The van der Waals surface area contributed by atoms with Crippen molar-refractivity contribution in [2.75, 3.05) is 0 Å². The van der Waals surface area contributed by atoms with E-state index in [2.05, 4.69) is 52.6 Å². The molecule has 11 heteroatoms. The second-order valence-corrected chi connectivity index (χ2v) is 10.2. The molecule has 0 saturated heterocycles. The fourth-order valence-corrected chi connectivity index (χ4v) is 5.41. The number of aromatic amines is 2. The summed E-state index contributed by atoms with van der Waals surface area (Å²) in [5.74, 6) is -0.169. The molecule has 0 bridgehead atoms. The van der Waals surface area contributed by atoms with Crippen LogP contribution in [0.1, 0.15) is 11.1 Å². The Kier molecular flexibility index (Phi) is 6.06. The Labute approximate surface area is 230 Å². The lowest BCUT2D eigenvalue weighted by Crippen LogP contribution is -2.12. The largest absolute Gasteiger partial charge is 0.336 e. The molecule has 0 aliphatic heterocycles. The summed E-state index contributed by atoms with van der Waals surface area (Å²) in [6, 6.07) is 16.8. The number of thiophene rings is 1. The molecule has 8 nitrogen and oxygen atoms in total. The fourth-order valence-electron chi connectivity index (χ4n) is 4.68. The van der Waals surface area contributed by atoms with Crippen LogP contribution >= 0.6 is 11.3 Å². The van der Waals surface area contributed by atoms with Crippen molar-refractivity contribution in [2.45, 2.75) is 13.1 Å². The molecule has 0 amide bonds. The highest BCUT2D eigenvalue weighted by atomic mass is 32.1. The maximum atomic E-state index is 16.1. The molecule has 0 unspecified atom stereocenters. The Morgan fingerprint density at radius 3 is 2.55 bits per heavy atom. The van der Waals surface area contributed by atoms with Gasteiger partial charge in [0.15, 0.2) is 16.8 Å². The molecule has 7 aromatic rings. The van der Waals surface area contributed by atoms with Gasteiger partial charge >= 0.3 is 0 Å². The molecule has 0 spiro atoms. The minimum atomic E-state index is -0.531. The molecule has 0 aliphatic rings. The predicted molar refractivity (Wildman–Crippen MR) is 150 cm³/mol. The van der Waals surface area contributed by atoms with Gasteiger partial charge in [0, 0.05) is 37.2 Å². The maximum absolute atomic E-state index is 16.1. The number of fused-ring (bicyclic) bond motifs is 2. The quantitative estimate of drug-likeness (QED) is 0.216. The van der Waals surface area contributed by atoms with Gasteiger partial charge in [-0.1, -0.05) is 30.3 Å². The van der Waals surface area contributed by atoms with Crippen LogP contribution in [-0.4, -0.2) is 35.1 Å². The van der Waals surface area contributed by atoms with E-state index < -0.39 is 5.82 Å². The first kappa shape index (κ1) is 24.2. The van der Waals surface area contributed by atoms with Crippen LogP contribution < -0.4 is 5.32 Å². The smallest absolute Gasteiger partial charge is 0.177 e. The molecule has 6 heterocycles. The topological polar surface area (TPSA) is 108 Å². The second kappa shape index (κ2) is 10.0. The van der Waals surface area contributed by atoms with Gasteiger partial charge in [-0.05, 0) is 35.4 Å². The zero-order valence-corrected chi connectivity index (χ0v) is 21.6. The fraction of sp³-hybridized carbons (Fsp3) is 0.0690. The van der Waals surface area contributed by atoms with Gasteiger partial charge < -0.3 is 10.3 Å². The maximum Gasteiger partial charge on any atom is 0.177 e. The number of rotatable bonds is 7. The number of hydrogen-bond acceptors (Lipinski definition) is 7. The van der Waals surface area contributed by atoms with E-state index >= 15 is 4.39 Å². The minimum Gasteiger partial charge on any atom is -0.336 e. The van der Waals surface area contributed by atoms with Crippen molar-refractivity contribution in [1.29, 1.82) is 0 Å². The van der Waals surface area contributed by atoms with Crippen molar-refractivity contribution in [1.82, 2.24) is 40.4 Å². The van der Waals surface area contributed by atoms with Crippen LogP contribution in [0.5, 0.6) is 0 Å². The third-order valence-corrected chi connectivity index (χ3v) is 7.43. The molecule has 7 rings (SSSR count). The molecule has 0 aliphatic carbocycles. The Morgan fingerprint density at radius 1 is 0.825 bits per heavy atom. The van der Waals surface area contributed by atoms with E-state index in [9.17, 15) is 4.39 Å². The summed E-state index contributed by atoms with van der Waals surface area (Å²) in [5.41, 5.74) is 5.32. The molecular formula is C29H20F2N8S. The molecule has 0 saturated carbocycles. The van der Waals surface area contributed by atoms with Crippen molar-refractivity contribution >= 4 is 33.3 Å². The van der Waals surface area contributed by atoms with Crippen molar-refractivity contribution in [3.8, 4) is 33.3 Å². The number of pyridine rings is 3. The van der Waals surface area contributed by atoms with Gasteiger partial charge in [0.25, 0.3) is 0 Å². The number of H-pyrrole nitrogens is 2. The molecule has 0 fully saturated rings. The van der Waals surface area contributed by atoms with Crippen molar-refractivity contribution < 1.29 is 8.78 Å². The number of nitrogens with zero attached hydrogens (tertiary/aromatic N) is 5. The van der Waals surface area contributed by atoms with Gasteiger partial charge in [-0.25, -0.2) is 9.37 Å². The average molecular weight is 551 g/mol. The zero-order chi connectivity index (χ0) is 27.1. The summed E-state index contributed by atoms with van der Waals surface area (Å²) in [5, 5.41) is 10.5. The van der Waals surface area contributed by atoms with Crippen LogP contribution in [-0.2, 0) is 13.1 Å². The lowest BCUT2D eigenvalue weighted by molar-refractivity contribution is 0.638. The molecular weight excluding hydrogens is 530 g/mol. The summed E-state index contributed by atoms with van der Waals surface area (Å²) in [7, 11) is 0. The number of aromatic nitrogens is 7. The van der Waals surface area contributed by atoms with E-state index in [0.29, 0.717) is 57.3 Å². The van der Waals surface area contributed by atoms with Crippen molar-refractivity contribution in [2.24, 2.45) is 0 Å². The predicted octanol–water partition coefficient (Wildman–Crippen LogP) is 6.25. The summed E-state index contributed by atoms with van der Waals surface area (Å²) in [6.07, 6.45) is 6.52. The van der Waals surface area contributed by atoms with Gasteiger partial charge in [0.2, 0.25) is 0 Å². The lowest BCUT2D eigenvalue weighted by Gasteiger charge is -2.08. The molecule has 6 aromatic heterocycles. The van der Waals surface area contributed by atoms with Crippen LogP contribution in [0.4, 0.5) is 8.78 Å². The summed E-state index contributed by atoms with van der Waals surface area (Å²) < 4.78 is 29.8. The lowest BCUT2D eigenvalue weighted by atomic mass is 10.1. The standard InChI is InChI=1S/C29H20F2N8S/c30-22-7-6-21(40-22)27-26-19(8-9-34-27)36-29(37-26)28-23-20(38-39-28)15-35-25(24(23)31)18-10-17(13-33-14-18)12-32-11-16-4-2-1-3-5-16/h1-10,13-15,32H,11-12H2,(H,36,37)(H,38,39). The molecule has 196 valence electrons. The molecule has 1 aromatic carbocycles. The molecule has 3 N–H and O–H groups in total. The third-order valence-electron chi connectivity index (χ3n) is 6.55. The molecule has 0 radical (unpaired) electrons. The number of halogens is 2. The first-order valence-corrected chi connectivity index (χ1v) is 13.3. The third kappa shape index (κ3) is 4.40. The van der Waals surface area contributed by atoms with E-state index in [1.165, 1.54) is 11.6 Å². The highest BCUT2D eigenvalue weighted by Crippen LogP contribution is 2.35. The second-order valence-electron chi connectivity index (χ2n) is 9.20. The van der Waals surface area contributed by atoms with Crippen LogP contribution in [0.15, 0.2) is 79.4 Å². The van der Waals surface area contributed by atoms with Crippen LogP contribution in [0.3, 0.4) is 0 Å². The number of imidazole rings is 1. The average Bonchev–Trinajstić information content (AvgIpc) is 3.72. The van der Waals surface area contributed by atoms with E-state index in [1.807, 2.05) is 24.3 Å². The Balaban J connectivity index is 1.23. The van der Waals surface area contributed by atoms with E-state index in [-0.39, 0.29) is 16.2 Å². The highest BCUT2D eigenvalue weighted by molar-refractivity contribution is 7.13. The van der Waals surface area contributed by atoms with Gasteiger partial charge in [0.05, 0.1) is 27.5 Å². The highest BCUT2D eigenvalue weighted by Gasteiger charge is 2.22. The minimum absolute atomic E-state index is 0.167. The van der Waals surface area contributed by atoms with E-state index in [4.69, 9.17) is 0 Å². The molecule has 40 heavy (non-hydrogen) atoms. The summed E-state index contributed by atoms with van der Waals surface area (Å²) in [6.45, 7) is 1.28. The van der Waals surface area contributed by atoms with Gasteiger partial charge in [0.1, 0.15) is 22.6 Å². The van der Waals surface area contributed by atoms with Crippen LogP contribution in [0, 0.1) is 10.9 Å². The SMILES string of the molecule is Fc1ccc(-c2nccc3[nH]c(-c4n[nH]c5cnc(-c6cncc(CNCc7ccccc7)c6)c(F)c45)nc23)s1. The van der Waals surface area contributed by atoms with Gasteiger partial charge in [-0.2, -0.15) is 9.49 Å². The monoisotopic (exact) mass is 550 g/mol. The number of nitrogens with one attached hydrogen (secondary N) is 3. The van der Waals surface area contributed by atoms with Crippen molar-refractivity contribution in [3.63, 3.8) is 0 Å².